The molecular weight excluding hydrogens is 396 g/mol. The lowest BCUT2D eigenvalue weighted by Gasteiger charge is -2.11. The molecule has 2 rings (SSSR count). The second-order valence-electron chi connectivity index (χ2n) is 8.79. The van der Waals surface area contributed by atoms with E-state index in [1.807, 2.05) is 60.7 Å². The predicted octanol–water partition coefficient (Wildman–Crippen LogP) is 6.09. The number of nitrogens with two attached hydrogens (primary N) is 2. The highest BCUT2D eigenvalue weighted by Crippen LogP contribution is 2.14. The molecule has 2 aromatic carbocycles. The first-order valence-corrected chi connectivity index (χ1v) is 12.3. The fourth-order valence-electron chi connectivity index (χ4n) is 4.04. The minimum absolute atomic E-state index is 0.0518. The number of carbonyl (C=O) groups excluding carboxylic acids is 2. The lowest BCUT2D eigenvalue weighted by atomic mass is 9.98. The van der Waals surface area contributed by atoms with Gasteiger partial charge in [0.15, 0.2) is 11.6 Å². The van der Waals surface area contributed by atoms with Gasteiger partial charge >= 0.3 is 0 Å². The van der Waals surface area contributed by atoms with E-state index < -0.39 is 0 Å². The zero-order valence-corrected chi connectivity index (χ0v) is 19.4. The zero-order valence-electron chi connectivity index (χ0n) is 19.4. The molecule has 32 heavy (non-hydrogen) atoms. The van der Waals surface area contributed by atoms with Gasteiger partial charge in [-0.15, -0.1) is 0 Å². The van der Waals surface area contributed by atoms with Crippen LogP contribution >= 0.6 is 0 Å². The van der Waals surface area contributed by atoms with Crippen molar-refractivity contribution in [2.45, 2.75) is 89.1 Å². The van der Waals surface area contributed by atoms with Crippen LogP contribution in [0.2, 0.25) is 0 Å². The Morgan fingerprint density at radius 3 is 1.09 bits per heavy atom. The Morgan fingerprint density at radius 1 is 0.500 bits per heavy atom. The van der Waals surface area contributed by atoms with Gasteiger partial charge in [0.05, 0.1) is 12.1 Å². The van der Waals surface area contributed by atoms with Crippen LogP contribution in [0.25, 0.3) is 0 Å². The van der Waals surface area contributed by atoms with Crippen LogP contribution in [0.4, 0.5) is 0 Å². The summed E-state index contributed by atoms with van der Waals surface area (Å²) >= 11 is 0. The number of Topliss-reactive ketones (excluding diaryl/α,β-unsaturated/α-hetero) is 2. The summed E-state index contributed by atoms with van der Waals surface area (Å²) < 4.78 is 0. The maximum absolute atomic E-state index is 12.2. The van der Waals surface area contributed by atoms with E-state index >= 15 is 0 Å². The lowest BCUT2D eigenvalue weighted by Crippen LogP contribution is -2.30. The van der Waals surface area contributed by atoms with E-state index in [4.69, 9.17) is 11.5 Å². The molecule has 0 bridgehead atoms. The molecule has 0 spiro atoms. The molecule has 0 saturated carbocycles. The Hall–Kier alpha value is -2.30. The third kappa shape index (κ3) is 9.88. The van der Waals surface area contributed by atoms with Crippen LogP contribution in [0.3, 0.4) is 0 Å². The summed E-state index contributed by atoms with van der Waals surface area (Å²) in [7, 11) is 0. The Kier molecular flexibility index (Phi) is 12.6. The van der Waals surface area contributed by atoms with Gasteiger partial charge in [0, 0.05) is 11.1 Å². The minimum atomic E-state index is -0.381. The number of ketones is 2. The molecular formula is C28H40N2O2. The van der Waals surface area contributed by atoms with Crippen LogP contribution in [0.5, 0.6) is 0 Å². The SMILES string of the molecule is N[C@H](CCCCCCCCCCCC[C@H](N)C(=O)c1ccccc1)C(=O)c1ccccc1. The fourth-order valence-corrected chi connectivity index (χ4v) is 4.04. The number of benzene rings is 2. The zero-order chi connectivity index (χ0) is 23.0. The average Bonchev–Trinajstić information content (AvgIpc) is 2.84. The molecule has 0 fully saturated rings. The van der Waals surface area contributed by atoms with Gasteiger partial charge in [0.25, 0.3) is 0 Å². The first kappa shape index (κ1) is 26.0. The van der Waals surface area contributed by atoms with Crippen molar-refractivity contribution in [2.75, 3.05) is 0 Å². The fraction of sp³-hybridized carbons (Fsp3) is 0.500. The molecule has 0 unspecified atom stereocenters. The van der Waals surface area contributed by atoms with Gasteiger partial charge in [0.2, 0.25) is 0 Å². The van der Waals surface area contributed by atoms with Crippen molar-refractivity contribution in [3.63, 3.8) is 0 Å². The molecule has 4 nitrogen and oxygen atoms in total. The number of hydrogen-bond donors (Lipinski definition) is 2. The third-order valence-electron chi connectivity index (χ3n) is 6.07. The third-order valence-corrected chi connectivity index (χ3v) is 6.07. The molecule has 174 valence electrons. The first-order valence-electron chi connectivity index (χ1n) is 12.3. The van der Waals surface area contributed by atoms with Crippen molar-refractivity contribution in [1.29, 1.82) is 0 Å². The number of hydrogen-bond acceptors (Lipinski definition) is 4. The molecule has 0 aromatic heterocycles. The number of unbranched alkanes of at least 4 members (excludes halogenated alkanes) is 9. The Balaban J connectivity index is 1.39. The molecule has 0 aliphatic heterocycles. The smallest absolute Gasteiger partial charge is 0.179 e. The summed E-state index contributed by atoms with van der Waals surface area (Å²) in [6, 6.07) is 17.9. The Labute approximate surface area is 193 Å². The summed E-state index contributed by atoms with van der Waals surface area (Å²) in [5.41, 5.74) is 13.5. The maximum atomic E-state index is 12.2. The number of rotatable bonds is 17. The van der Waals surface area contributed by atoms with E-state index in [2.05, 4.69) is 0 Å². The highest BCUT2D eigenvalue weighted by Gasteiger charge is 2.15. The molecule has 0 saturated heterocycles. The molecule has 4 heteroatoms. The minimum Gasteiger partial charge on any atom is -0.321 e. The van der Waals surface area contributed by atoms with Crippen molar-refractivity contribution < 1.29 is 9.59 Å². The maximum Gasteiger partial charge on any atom is 0.179 e. The van der Waals surface area contributed by atoms with Gasteiger partial charge in [-0.3, -0.25) is 9.59 Å². The lowest BCUT2D eigenvalue weighted by molar-refractivity contribution is 0.0948. The summed E-state index contributed by atoms with van der Waals surface area (Å²) in [6.45, 7) is 0. The molecule has 4 N–H and O–H groups in total. The topological polar surface area (TPSA) is 86.2 Å². The molecule has 0 radical (unpaired) electrons. The predicted molar refractivity (Wildman–Crippen MR) is 133 cm³/mol. The van der Waals surface area contributed by atoms with Crippen LogP contribution in [-0.4, -0.2) is 23.7 Å². The van der Waals surface area contributed by atoms with Gasteiger partial charge in [-0.1, -0.05) is 125 Å². The molecule has 2 aromatic rings. The first-order chi connectivity index (χ1) is 15.6. The highest BCUT2D eigenvalue weighted by molar-refractivity contribution is 6.00. The van der Waals surface area contributed by atoms with Crippen molar-refractivity contribution in [1.82, 2.24) is 0 Å². The van der Waals surface area contributed by atoms with Crippen LogP contribution in [0, 0.1) is 0 Å². The van der Waals surface area contributed by atoms with Crippen molar-refractivity contribution >= 4 is 11.6 Å². The summed E-state index contributed by atoms with van der Waals surface area (Å²) in [5.74, 6) is 0.104. The van der Waals surface area contributed by atoms with Crippen LogP contribution in [-0.2, 0) is 0 Å². The van der Waals surface area contributed by atoms with E-state index in [9.17, 15) is 9.59 Å². The Bertz CT molecular complexity index is 709. The van der Waals surface area contributed by atoms with Crippen LogP contribution < -0.4 is 11.5 Å². The van der Waals surface area contributed by atoms with Crippen LogP contribution in [0.15, 0.2) is 60.7 Å². The van der Waals surface area contributed by atoms with Crippen LogP contribution in [0.1, 0.15) is 97.8 Å². The molecule has 0 amide bonds. The van der Waals surface area contributed by atoms with Gasteiger partial charge in [0.1, 0.15) is 0 Å². The molecule has 2 atom stereocenters. The van der Waals surface area contributed by atoms with E-state index in [1.54, 1.807) is 0 Å². The normalized spacial score (nSPS) is 12.9. The Morgan fingerprint density at radius 2 is 0.781 bits per heavy atom. The van der Waals surface area contributed by atoms with Crippen molar-refractivity contribution in [3.8, 4) is 0 Å². The molecule has 0 heterocycles. The summed E-state index contributed by atoms with van der Waals surface area (Å²) in [6.07, 6.45) is 13.3. The van der Waals surface area contributed by atoms with E-state index in [1.165, 1.54) is 38.5 Å². The molecule has 0 aliphatic carbocycles. The second kappa shape index (κ2) is 15.5. The highest BCUT2D eigenvalue weighted by atomic mass is 16.1. The second-order valence-corrected chi connectivity index (χ2v) is 8.79. The van der Waals surface area contributed by atoms with Gasteiger partial charge in [-0.2, -0.15) is 0 Å². The largest absolute Gasteiger partial charge is 0.321 e. The van der Waals surface area contributed by atoms with E-state index in [0.29, 0.717) is 11.1 Å². The average molecular weight is 437 g/mol. The molecule has 0 aliphatic rings. The summed E-state index contributed by atoms with van der Waals surface area (Å²) in [5, 5.41) is 0. The van der Waals surface area contributed by atoms with Gasteiger partial charge < -0.3 is 11.5 Å². The quantitative estimate of drug-likeness (QED) is 0.232. The summed E-state index contributed by atoms with van der Waals surface area (Å²) in [4.78, 5) is 24.5. The van der Waals surface area contributed by atoms with Crippen molar-refractivity contribution in [3.05, 3.63) is 71.8 Å². The monoisotopic (exact) mass is 436 g/mol. The van der Waals surface area contributed by atoms with Gasteiger partial charge in [-0.25, -0.2) is 0 Å². The van der Waals surface area contributed by atoms with E-state index in [0.717, 1.165) is 38.5 Å². The van der Waals surface area contributed by atoms with Gasteiger partial charge in [-0.05, 0) is 12.8 Å². The number of carbonyl (C=O) groups is 2. The van der Waals surface area contributed by atoms with Crippen molar-refractivity contribution in [2.24, 2.45) is 11.5 Å². The standard InChI is InChI=1S/C28H40N2O2/c29-25(27(31)23-17-11-9-12-18-23)21-15-7-5-3-1-2-4-6-8-16-22-26(30)28(32)24-19-13-10-14-20-24/h9-14,17-20,25-26H,1-8,15-16,21-22,29-30H2/t25-,26+. The van der Waals surface area contributed by atoms with E-state index in [-0.39, 0.29) is 23.7 Å².